The molecule has 0 N–H and O–H groups in total. The Morgan fingerprint density at radius 2 is 1.94 bits per heavy atom. The summed E-state index contributed by atoms with van der Waals surface area (Å²) >= 11 is 5.84. The van der Waals surface area contributed by atoms with Gasteiger partial charge in [-0.2, -0.15) is 8.42 Å². The number of fused-ring (bicyclic) bond motifs is 1. The Balaban J connectivity index is 1.48. The van der Waals surface area contributed by atoms with Gasteiger partial charge in [-0.3, -0.25) is 18.5 Å². The highest BCUT2D eigenvalue weighted by Crippen LogP contribution is 2.20. The quantitative estimate of drug-likeness (QED) is 0.255. The van der Waals surface area contributed by atoms with Gasteiger partial charge in [0, 0.05) is 31.9 Å². The van der Waals surface area contributed by atoms with Crippen LogP contribution in [0.15, 0.2) is 59.7 Å². The number of aryl methyl sites for hydroxylation is 2. The molecule has 0 saturated heterocycles. The van der Waals surface area contributed by atoms with Crippen molar-refractivity contribution in [1.82, 2.24) is 19.1 Å². The molecule has 0 saturated carbocycles. The second-order valence-corrected chi connectivity index (χ2v) is 9.80. The second-order valence-electron chi connectivity index (χ2n) is 7.72. The molecule has 34 heavy (non-hydrogen) atoms. The Kier molecular flexibility index (Phi) is 7.01. The molecule has 11 heteroatoms. The van der Waals surface area contributed by atoms with Gasteiger partial charge in [0.05, 0.1) is 40.3 Å². The molecule has 3 heterocycles. The van der Waals surface area contributed by atoms with Crippen molar-refractivity contribution >= 4 is 32.8 Å². The number of benzene rings is 1. The van der Waals surface area contributed by atoms with Crippen molar-refractivity contribution < 1.29 is 17.3 Å². The number of hydrogen-bond acceptors (Lipinski definition) is 7. The molecule has 0 unspecified atom stereocenters. The molecule has 0 fully saturated rings. The molecule has 0 spiro atoms. The van der Waals surface area contributed by atoms with Crippen molar-refractivity contribution in [3.8, 4) is 11.4 Å². The zero-order valence-electron chi connectivity index (χ0n) is 18.6. The zero-order valence-corrected chi connectivity index (χ0v) is 20.2. The van der Waals surface area contributed by atoms with Gasteiger partial charge in [0.25, 0.3) is 15.7 Å². The lowest BCUT2D eigenvalue weighted by molar-refractivity contribution is 0.300. The molecular formula is C23H23ClN4O5S. The number of hydrogen-bond donors (Lipinski definition) is 0. The number of rotatable bonds is 9. The van der Waals surface area contributed by atoms with Crippen molar-refractivity contribution in [2.75, 3.05) is 12.9 Å². The van der Waals surface area contributed by atoms with Crippen LogP contribution in [0.2, 0.25) is 5.02 Å². The van der Waals surface area contributed by atoms with Gasteiger partial charge in [-0.15, -0.1) is 0 Å². The summed E-state index contributed by atoms with van der Waals surface area (Å²) < 4.78 is 36.1. The number of halogens is 1. The molecule has 0 aliphatic heterocycles. The van der Waals surface area contributed by atoms with Gasteiger partial charge in [0.2, 0.25) is 0 Å². The largest absolute Gasteiger partial charge is 0.487 e. The van der Waals surface area contributed by atoms with Crippen LogP contribution in [0.3, 0.4) is 0 Å². The predicted octanol–water partition coefficient (Wildman–Crippen LogP) is 3.26. The summed E-state index contributed by atoms with van der Waals surface area (Å²) in [6.45, 7) is 0.324. The van der Waals surface area contributed by atoms with Crippen molar-refractivity contribution in [2.24, 2.45) is 7.05 Å². The summed E-state index contributed by atoms with van der Waals surface area (Å²) in [5, 5.41) is 0.546. The summed E-state index contributed by atoms with van der Waals surface area (Å²) in [6, 6.07) is 12.2. The van der Waals surface area contributed by atoms with Crippen LogP contribution >= 0.6 is 11.6 Å². The molecular weight excluding hydrogens is 480 g/mol. The first-order chi connectivity index (χ1) is 16.2. The molecule has 0 aliphatic carbocycles. The molecule has 1 aromatic carbocycles. The highest BCUT2D eigenvalue weighted by atomic mass is 35.5. The Bertz CT molecular complexity index is 1480. The molecule has 0 bridgehead atoms. The van der Waals surface area contributed by atoms with Crippen LogP contribution in [0, 0.1) is 0 Å². The van der Waals surface area contributed by atoms with E-state index in [9.17, 15) is 13.2 Å². The van der Waals surface area contributed by atoms with E-state index in [0.717, 1.165) is 23.1 Å². The van der Waals surface area contributed by atoms with Gasteiger partial charge in [0.1, 0.15) is 18.2 Å². The summed E-state index contributed by atoms with van der Waals surface area (Å²) in [7, 11) is -1.57. The molecule has 4 rings (SSSR count). The fourth-order valence-electron chi connectivity index (χ4n) is 3.46. The Labute approximate surface area is 201 Å². The maximum absolute atomic E-state index is 12.7. The second kappa shape index (κ2) is 9.96. The molecule has 4 aromatic rings. The van der Waals surface area contributed by atoms with Gasteiger partial charge in [-0.1, -0.05) is 11.6 Å². The van der Waals surface area contributed by atoms with Crippen LogP contribution in [0.4, 0.5) is 0 Å². The normalized spacial score (nSPS) is 11.7. The predicted molar refractivity (Wildman–Crippen MR) is 129 cm³/mol. The molecule has 0 aliphatic rings. The molecule has 0 amide bonds. The monoisotopic (exact) mass is 502 g/mol. The van der Waals surface area contributed by atoms with E-state index in [4.69, 9.17) is 20.5 Å². The van der Waals surface area contributed by atoms with Gasteiger partial charge in [0.15, 0.2) is 0 Å². The Morgan fingerprint density at radius 3 is 2.65 bits per heavy atom. The number of ether oxygens (including phenoxy) is 1. The lowest BCUT2D eigenvalue weighted by Crippen LogP contribution is -2.16. The van der Waals surface area contributed by atoms with E-state index < -0.39 is 10.1 Å². The fraction of sp³-hybridized carbons (Fsp3) is 0.261. The zero-order chi connectivity index (χ0) is 24.3. The summed E-state index contributed by atoms with van der Waals surface area (Å²) in [4.78, 5) is 21.5. The highest BCUT2D eigenvalue weighted by Gasteiger charge is 2.11. The third-order valence-electron chi connectivity index (χ3n) is 5.14. The molecule has 0 radical (unpaired) electrons. The van der Waals surface area contributed by atoms with E-state index in [2.05, 4.69) is 9.97 Å². The average molecular weight is 503 g/mol. The highest BCUT2D eigenvalue weighted by molar-refractivity contribution is 7.85. The van der Waals surface area contributed by atoms with Crippen molar-refractivity contribution in [3.63, 3.8) is 0 Å². The van der Waals surface area contributed by atoms with Crippen molar-refractivity contribution in [1.29, 1.82) is 0 Å². The minimum absolute atomic E-state index is 0.102. The standard InChI is InChI=1S/C23H23ClN4O5S/c1-27-21-12-18(7-8-20(21)26-22(27)4-3-11-33-34(2,30)31)28-10-9-19(13-23(28)29)32-15-17-6-5-16(24)14-25-17/h5-10,12-14H,3-4,11,15H2,1-2H3. The van der Waals surface area contributed by atoms with E-state index in [1.807, 2.05) is 29.8 Å². The van der Waals surface area contributed by atoms with Crippen molar-refractivity contribution in [3.05, 3.63) is 81.8 Å². The number of nitrogens with zero attached hydrogens (tertiary/aromatic N) is 4. The average Bonchev–Trinajstić information content (AvgIpc) is 3.11. The van der Waals surface area contributed by atoms with E-state index >= 15 is 0 Å². The first-order valence-corrected chi connectivity index (χ1v) is 12.7. The van der Waals surface area contributed by atoms with Crippen LogP contribution in [-0.2, 0) is 34.4 Å². The first-order valence-electron chi connectivity index (χ1n) is 10.5. The van der Waals surface area contributed by atoms with Gasteiger partial charge in [-0.25, -0.2) is 4.98 Å². The SMILES string of the molecule is Cn1c(CCCOS(C)(=O)=O)nc2ccc(-n3ccc(OCc4ccc(Cl)cn4)cc3=O)cc21. The van der Waals surface area contributed by atoms with Crippen LogP contribution in [0.25, 0.3) is 16.7 Å². The number of pyridine rings is 2. The Hall–Kier alpha value is -3.21. The van der Waals surface area contributed by atoms with E-state index in [-0.39, 0.29) is 18.8 Å². The Morgan fingerprint density at radius 1 is 1.12 bits per heavy atom. The third kappa shape index (κ3) is 5.82. The maximum atomic E-state index is 12.7. The van der Waals surface area contributed by atoms with E-state index in [0.29, 0.717) is 35.0 Å². The summed E-state index contributed by atoms with van der Waals surface area (Å²) in [6.07, 6.45) is 5.31. The third-order valence-corrected chi connectivity index (χ3v) is 5.96. The lowest BCUT2D eigenvalue weighted by atomic mass is 10.2. The minimum Gasteiger partial charge on any atom is -0.487 e. The molecule has 0 atom stereocenters. The fourth-order valence-corrected chi connectivity index (χ4v) is 3.99. The lowest BCUT2D eigenvalue weighted by Gasteiger charge is -2.09. The minimum atomic E-state index is -3.45. The van der Waals surface area contributed by atoms with Gasteiger partial charge >= 0.3 is 0 Å². The summed E-state index contributed by atoms with van der Waals surface area (Å²) in [5.74, 6) is 1.24. The summed E-state index contributed by atoms with van der Waals surface area (Å²) in [5.41, 5.74) is 2.81. The van der Waals surface area contributed by atoms with Gasteiger partial charge in [-0.05, 0) is 42.8 Å². The van der Waals surface area contributed by atoms with E-state index in [1.165, 1.54) is 10.6 Å². The molecule has 3 aromatic heterocycles. The van der Waals surface area contributed by atoms with Crippen LogP contribution in [-0.4, -0.2) is 40.4 Å². The first kappa shape index (κ1) is 23.9. The van der Waals surface area contributed by atoms with Crippen LogP contribution in [0.5, 0.6) is 5.75 Å². The van der Waals surface area contributed by atoms with Crippen molar-refractivity contribution in [2.45, 2.75) is 19.4 Å². The topological polar surface area (TPSA) is 105 Å². The van der Waals surface area contributed by atoms with E-state index in [1.54, 1.807) is 30.6 Å². The van der Waals surface area contributed by atoms with Crippen LogP contribution in [0.1, 0.15) is 17.9 Å². The molecule has 9 nitrogen and oxygen atoms in total. The van der Waals surface area contributed by atoms with Crippen LogP contribution < -0.4 is 10.3 Å². The van der Waals surface area contributed by atoms with Gasteiger partial charge < -0.3 is 9.30 Å². The molecule has 178 valence electrons. The maximum Gasteiger partial charge on any atom is 0.264 e. The smallest absolute Gasteiger partial charge is 0.264 e. The number of aromatic nitrogens is 4. The number of imidazole rings is 1.